The molecule has 0 aliphatic carbocycles. The Balaban J connectivity index is 0.000000384. The molecule has 2 unspecified atom stereocenters. The summed E-state index contributed by atoms with van der Waals surface area (Å²) in [6.45, 7) is 5.78. The van der Waals surface area contributed by atoms with E-state index in [2.05, 4.69) is 40.3 Å². The van der Waals surface area contributed by atoms with Gasteiger partial charge >= 0.3 is 12.1 Å². The zero-order valence-corrected chi connectivity index (χ0v) is 19.8. The number of rotatable bonds is 4. The largest absolute Gasteiger partial charge is 0.490 e. The van der Waals surface area contributed by atoms with E-state index >= 15 is 0 Å². The first-order valence-electron chi connectivity index (χ1n) is 11.9. The Hall–Kier alpha value is -3.45. The second-order valence-corrected chi connectivity index (χ2v) is 9.25. The smallest absolute Gasteiger partial charge is 0.475 e. The molecule has 14 heteroatoms. The molecule has 196 valence electrons. The number of aromatic nitrogens is 5. The molecule has 3 N–H and O–H groups in total. The lowest BCUT2D eigenvalue weighted by atomic mass is 9.84. The molecule has 5 rings (SSSR count). The number of alkyl halides is 3. The molecule has 11 nitrogen and oxygen atoms in total. The van der Waals surface area contributed by atoms with Crippen molar-refractivity contribution < 1.29 is 27.9 Å². The lowest BCUT2D eigenvalue weighted by molar-refractivity contribution is -0.192. The number of hydrogen-bond donors (Lipinski definition) is 3. The Morgan fingerprint density at radius 2 is 1.86 bits per heavy atom. The number of nitrogens with one attached hydrogen (secondary N) is 2. The molecule has 0 spiro atoms. The van der Waals surface area contributed by atoms with Crippen LogP contribution in [-0.4, -0.2) is 67.5 Å². The molecule has 0 saturated carbocycles. The maximum absolute atomic E-state index is 11.5. The highest BCUT2D eigenvalue weighted by molar-refractivity contribution is 5.78. The number of amides is 1. The molecule has 2 aromatic heterocycles. The number of hydrogen-bond acceptors (Lipinski definition) is 8. The number of halogens is 3. The maximum atomic E-state index is 11.5. The van der Waals surface area contributed by atoms with Crippen LogP contribution in [0.3, 0.4) is 0 Å². The average molecular weight is 511 g/mol. The normalized spacial score (nSPS) is 22.3. The monoisotopic (exact) mass is 510 g/mol. The molecule has 3 aliphatic heterocycles. The Labute approximate surface area is 205 Å². The molecule has 36 heavy (non-hydrogen) atoms. The minimum absolute atomic E-state index is 0.130. The van der Waals surface area contributed by atoms with Gasteiger partial charge in [0.15, 0.2) is 5.82 Å². The molecule has 3 aliphatic rings. The molecule has 2 fully saturated rings. The third-order valence-electron chi connectivity index (χ3n) is 6.91. The van der Waals surface area contributed by atoms with Crippen molar-refractivity contribution in [2.75, 3.05) is 29.9 Å². The summed E-state index contributed by atoms with van der Waals surface area (Å²) in [7, 11) is 0. The summed E-state index contributed by atoms with van der Waals surface area (Å²) in [5.74, 6) is 2.34. The summed E-state index contributed by atoms with van der Waals surface area (Å²) < 4.78 is 33.9. The van der Waals surface area contributed by atoms with Gasteiger partial charge in [-0.05, 0) is 44.4 Å². The van der Waals surface area contributed by atoms with Crippen LogP contribution in [0.25, 0.3) is 0 Å². The van der Waals surface area contributed by atoms with Crippen LogP contribution in [0.4, 0.5) is 24.8 Å². The van der Waals surface area contributed by atoms with Gasteiger partial charge < -0.3 is 25.2 Å². The molecule has 2 aromatic rings. The van der Waals surface area contributed by atoms with E-state index < -0.39 is 12.1 Å². The van der Waals surface area contributed by atoms with E-state index in [0.717, 1.165) is 75.1 Å². The first-order valence-corrected chi connectivity index (χ1v) is 11.9. The van der Waals surface area contributed by atoms with Crippen molar-refractivity contribution in [3.63, 3.8) is 0 Å². The summed E-state index contributed by atoms with van der Waals surface area (Å²) >= 11 is 0. The van der Waals surface area contributed by atoms with Crippen molar-refractivity contribution in [1.82, 2.24) is 30.0 Å². The quantitative estimate of drug-likeness (QED) is 0.566. The van der Waals surface area contributed by atoms with Crippen molar-refractivity contribution in [3.05, 3.63) is 24.0 Å². The van der Waals surface area contributed by atoms with Crippen molar-refractivity contribution >= 4 is 23.5 Å². The third-order valence-corrected chi connectivity index (χ3v) is 6.91. The van der Waals surface area contributed by atoms with Crippen LogP contribution in [0, 0.1) is 18.8 Å². The van der Waals surface area contributed by atoms with Crippen LogP contribution in [0.5, 0.6) is 0 Å². The molecule has 0 radical (unpaired) electrons. The molecule has 2 saturated heterocycles. The number of anilines is 2. The fraction of sp³-hybridized carbons (Fsp3) is 0.636. The van der Waals surface area contributed by atoms with Crippen LogP contribution in [0.15, 0.2) is 12.4 Å². The predicted octanol–water partition coefficient (Wildman–Crippen LogP) is 2.31. The van der Waals surface area contributed by atoms with Crippen LogP contribution >= 0.6 is 0 Å². The Morgan fingerprint density at radius 3 is 2.50 bits per heavy atom. The SMILES string of the molecule is Cc1nnc2n1CCCC2Nc1cc(N2CCC(C3CNC(=O)C3)CC2)ncn1.O=C(O)C(F)(F)F. The number of fused-ring (bicyclic) bond motifs is 1. The first kappa shape index (κ1) is 25.6. The predicted molar refractivity (Wildman–Crippen MR) is 122 cm³/mol. The van der Waals surface area contributed by atoms with Crippen LogP contribution < -0.4 is 15.5 Å². The lowest BCUT2D eigenvalue weighted by Gasteiger charge is -2.35. The number of piperidine rings is 1. The van der Waals surface area contributed by atoms with Crippen molar-refractivity contribution in [2.45, 2.75) is 57.8 Å². The van der Waals surface area contributed by atoms with Crippen molar-refractivity contribution in [3.8, 4) is 0 Å². The number of nitrogens with zero attached hydrogens (tertiary/aromatic N) is 6. The van der Waals surface area contributed by atoms with E-state index in [4.69, 9.17) is 9.90 Å². The second kappa shape index (κ2) is 10.7. The number of aliphatic carboxylic acids is 1. The van der Waals surface area contributed by atoms with E-state index in [-0.39, 0.29) is 11.9 Å². The zero-order valence-electron chi connectivity index (χ0n) is 19.8. The van der Waals surface area contributed by atoms with E-state index in [1.165, 1.54) is 0 Å². The minimum atomic E-state index is -5.08. The number of carbonyl (C=O) groups excluding carboxylic acids is 1. The number of carboxylic acids is 1. The highest BCUT2D eigenvalue weighted by Gasteiger charge is 2.38. The summed E-state index contributed by atoms with van der Waals surface area (Å²) in [4.78, 5) is 31.7. The van der Waals surface area contributed by atoms with Crippen LogP contribution in [0.2, 0.25) is 0 Å². The molecule has 5 heterocycles. The molecular formula is C22H29F3N8O3. The molecule has 2 atom stereocenters. The van der Waals surface area contributed by atoms with Gasteiger partial charge in [-0.3, -0.25) is 4.79 Å². The molecular weight excluding hydrogens is 481 g/mol. The van der Waals surface area contributed by atoms with Gasteiger partial charge in [0.25, 0.3) is 0 Å². The fourth-order valence-electron chi connectivity index (χ4n) is 4.99. The van der Waals surface area contributed by atoms with Gasteiger partial charge in [0.1, 0.15) is 23.8 Å². The topological polar surface area (TPSA) is 138 Å². The van der Waals surface area contributed by atoms with Gasteiger partial charge in [0.05, 0.1) is 6.04 Å². The Morgan fingerprint density at radius 1 is 1.14 bits per heavy atom. The Bertz CT molecular complexity index is 1080. The highest BCUT2D eigenvalue weighted by atomic mass is 19.4. The third kappa shape index (κ3) is 6.02. The van der Waals surface area contributed by atoms with Crippen molar-refractivity contribution in [2.24, 2.45) is 11.8 Å². The zero-order chi connectivity index (χ0) is 25.9. The molecule has 0 aromatic carbocycles. The summed E-state index contributed by atoms with van der Waals surface area (Å²) in [6, 6.07) is 2.18. The second-order valence-electron chi connectivity index (χ2n) is 9.25. The fourth-order valence-corrected chi connectivity index (χ4v) is 4.99. The van der Waals surface area contributed by atoms with Gasteiger partial charge in [-0.1, -0.05) is 0 Å². The highest BCUT2D eigenvalue weighted by Crippen LogP contribution is 2.32. The van der Waals surface area contributed by atoms with E-state index in [1.807, 2.05) is 13.0 Å². The van der Waals surface area contributed by atoms with Crippen LogP contribution in [-0.2, 0) is 16.1 Å². The van der Waals surface area contributed by atoms with Gasteiger partial charge in [0, 0.05) is 38.7 Å². The van der Waals surface area contributed by atoms with E-state index in [1.54, 1.807) is 6.33 Å². The van der Waals surface area contributed by atoms with E-state index in [0.29, 0.717) is 18.3 Å². The molecule has 1 amide bonds. The average Bonchev–Trinajstić information content (AvgIpc) is 3.46. The van der Waals surface area contributed by atoms with Gasteiger partial charge in [-0.15, -0.1) is 10.2 Å². The lowest BCUT2D eigenvalue weighted by Crippen LogP contribution is -2.37. The maximum Gasteiger partial charge on any atom is 0.490 e. The van der Waals surface area contributed by atoms with Gasteiger partial charge in [-0.25, -0.2) is 14.8 Å². The summed E-state index contributed by atoms with van der Waals surface area (Å²) in [5.41, 5.74) is 0. The van der Waals surface area contributed by atoms with Crippen LogP contribution in [0.1, 0.15) is 49.8 Å². The van der Waals surface area contributed by atoms with Gasteiger partial charge in [0.2, 0.25) is 5.91 Å². The summed E-state index contributed by atoms with van der Waals surface area (Å²) in [5, 5.41) is 22.2. The first-order chi connectivity index (χ1) is 17.1. The standard InChI is InChI=1S/C20H28N8O.C2HF3O2/c1-13-25-26-20-16(3-2-6-28(13)20)24-17-10-18(23-12-22-17)27-7-4-14(5-8-27)15-9-19(29)21-11-15;3-2(4,5)1(6)7/h10,12,14-16H,2-9,11H2,1H3,(H,21,29)(H,22,23,24);(H,6,7). The van der Waals surface area contributed by atoms with E-state index in [9.17, 15) is 18.0 Å². The number of aryl methyl sites for hydroxylation is 1. The minimum Gasteiger partial charge on any atom is -0.475 e. The number of carboxylic acid groups (broad SMARTS) is 1. The van der Waals surface area contributed by atoms with Crippen molar-refractivity contribution in [1.29, 1.82) is 0 Å². The molecule has 0 bridgehead atoms. The Kier molecular flexibility index (Phi) is 7.59. The van der Waals surface area contributed by atoms with Gasteiger partial charge in [-0.2, -0.15) is 13.2 Å². The number of carbonyl (C=O) groups is 2. The summed E-state index contributed by atoms with van der Waals surface area (Å²) in [6.07, 6.45) is 1.60.